The van der Waals surface area contributed by atoms with Crippen LogP contribution in [0.2, 0.25) is 0 Å². The van der Waals surface area contributed by atoms with Crippen molar-refractivity contribution in [1.29, 1.82) is 0 Å². The predicted octanol–water partition coefficient (Wildman–Crippen LogP) is 0.556. The molecule has 162 valence electrons. The number of halogens is 1. The molecule has 0 atom stereocenters. The Balaban J connectivity index is 1.91. The number of hydrazine groups is 2. The molecule has 2 rings (SSSR count). The van der Waals surface area contributed by atoms with Crippen LogP contribution in [0.5, 0.6) is 0 Å². The molecule has 1 aromatic heterocycles. The molecule has 0 aliphatic heterocycles. The van der Waals surface area contributed by atoms with Crippen LogP contribution in [0.4, 0.5) is 4.39 Å². The monoisotopic (exact) mass is 446 g/mol. The number of amides is 3. The highest BCUT2D eigenvalue weighted by Crippen LogP contribution is 2.21. The summed E-state index contributed by atoms with van der Waals surface area (Å²) >= 11 is 0.595. The molecule has 0 unspecified atom stereocenters. The molecule has 31 heavy (non-hydrogen) atoms. The third-order valence-electron chi connectivity index (χ3n) is 3.56. The summed E-state index contributed by atoms with van der Waals surface area (Å²) in [6.07, 6.45) is 4.92. The Bertz CT molecular complexity index is 1010. The fourth-order valence-corrected chi connectivity index (χ4v) is 2.79. The summed E-state index contributed by atoms with van der Waals surface area (Å²) in [6, 6.07) is 8.49. The topological polar surface area (TPSA) is 136 Å². The lowest BCUT2D eigenvalue weighted by molar-refractivity contribution is -0.115. The molecule has 3 amide bonds. The fourth-order valence-electron chi connectivity index (χ4n) is 2.22. The van der Waals surface area contributed by atoms with Crippen LogP contribution in [0.25, 0.3) is 0 Å². The molecular weight excluding hydrogens is 427 g/mol. The predicted molar refractivity (Wildman–Crippen MR) is 110 cm³/mol. The summed E-state index contributed by atoms with van der Waals surface area (Å²) in [6.45, 7) is 1.87. The van der Waals surface area contributed by atoms with E-state index in [9.17, 15) is 24.0 Å². The molecule has 0 aliphatic rings. The van der Waals surface area contributed by atoms with Crippen molar-refractivity contribution in [3.8, 4) is 12.3 Å². The van der Waals surface area contributed by atoms with Crippen LogP contribution in [0.3, 0.4) is 0 Å². The van der Waals surface area contributed by atoms with Gasteiger partial charge in [0.25, 0.3) is 17.7 Å². The number of nitrogens with one attached hydrogen (secondary N) is 4. The van der Waals surface area contributed by atoms with Gasteiger partial charge in [-0.15, -0.1) is 12.0 Å². The van der Waals surface area contributed by atoms with Crippen LogP contribution in [0, 0.1) is 25.1 Å². The average molecular weight is 446 g/mol. The van der Waals surface area contributed by atoms with E-state index in [0.29, 0.717) is 22.2 Å². The van der Waals surface area contributed by atoms with E-state index in [2.05, 4.69) is 26.6 Å². The zero-order chi connectivity index (χ0) is 22.8. The number of aromatic nitrogens is 1. The molecule has 12 heteroatoms. The molecule has 10 nitrogen and oxygen atoms in total. The van der Waals surface area contributed by atoms with Crippen molar-refractivity contribution in [2.24, 2.45) is 0 Å². The number of carbonyl (C=O) groups is 3. The summed E-state index contributed by atoms with van der Waals surface area (Å²) in [5, 5.41) is 14.7. The number of rotatable bonds is 9. The minimum Gasteiger partial charge on any atom is -0.350 e. The van der Waals surface area contributed by atoms with Gasteiger partial charge in [-0.3, -0.25) is 25.0 Å². The van der Waals surface area contributed by atoms with Crippen molar-refractivity contribution in [3.63, 3.8) is 0 Å². The van der Waals surface area contributed by atoms with Crippen LogP contribution < -0.4 is 21.6 Å². The maximum Gasteiger partial charge on any atom is 0.295 e. The first-order valence-electron chi connectivity index (χ1n) is 8.79. The average Bonchev–Trinajstić information content (AvgIpc) is 2.75. The number of nitrogens with zero attached hydrogens (tertiary/aromatic N) is 2. The Morgan fingerprint density at radius 2 is 1.90 bits per heavy atom. The molecule has 5 N–H and O–H groups in total. The molecular formula is C19H19FN6O4S. The van der Waals surface area contributed by atoms with Crippen molar-refractivity contribution in [2.45, 2.75) is 11.8 Å². The van der Waals surface area contributed by atoms with Gasteiger partial charge in [0.05, 0.1) is 4.90 Å². The van der Waals surface area contributed by atoms with Gasteiger partial charge in [-0.2, -0.15) is 0 Å². The largest absolute Gasteiger partial charge is 0.350 e. The number of carbonyl (C=O) groups excluding carboxylic acids is 3. The minimum absolute atomic E-state index is 0.0948. The summed E-state index contributed by atoms with van der Waals surface area (Å²) in [4.78, 5) is 39.7. The Kier molecular flexibility index (Phi) is 8.92. The number of benzene rings is 1. The molecule has 1 aromatic carbocycles. The van der Waals surface area contributed by atoms with E-state index in [0.717, 1.165) is 0 Å². The highest BCUT2D eigenvalue weighted by molar-refractivity contribution is 7.96. The summed E-state index contributed by atoms with van der Waals surface area (Å²) in [5.74, 6) is -0.481. The lowest BCUT2D eigenvalue weighted by Gasteiger charge is -2.15. The quantitative estimate of drug-likeness (QED) is 0.163. The number of hydrogen-bond donors (Lipinski definition) is 5. The summed E-state index contributed by atoms with van der Waals surface area (Å²) in [7, 11) is 0. The first-order chi connectivity index (χ1) is 14.8. The van der Waals surface area contributed by atoms with E-state index in [1.54, 1.807) is 13.0 Å². The smallest absolute Gasteiger partial charge is 0.295 e. The normalized spacial score (nSPS) is 10.3. The fraction of sp³-hybridized carbons (Fsp3) is 0.158. The SMILES string of the molecule is C#CC(=O)NCCNC(=O)c1cc(C)nc(C(=O)NNN(O)Sc2ccccc2F)c1. The molecule has 1 heterocycles. The Morgan fingerprint density at radius 3 is 2.61 bits per heavy atom. The maximum atomic E-state index is 13.6. The van der Waals surface area contributed by atoms with Crippen LogP contribution >= 0.6 is 11.9 Å². The van der Waals surface area contributed by atoms with Gasteiger partial charge in [0.1, 0.15) is 11.5 Å². The third-order valence-corrected chi connectivity index (χ3v) is 4.35. The van der Waals surface area contributed by atoms with Gasteiger partial charge in [-0.1, -0.05) is 12.1 Å². The molecule has 0 saturated heterocycles. The van der Waals surface area contributed by atoms with Gasteiger partial charge >= 0.3 is 0 Å². The van der Waals surface area contributed by atoms with E-state index in [1.165, 1.54) is 30.3 Å². The second-order valence-corrected chi connectivity index (χ2v) is 6.87. The lowest BCUT2D eigenvalue weighted by Crippen LogP contribution is -2.45. The first kappa shape index (κ1) is 23.8. The first-order valence-corrected chi connectivity index (χ1v) is 9.56. The summed E-state index contributed by atoms with van der Waals surface area (Å²) in [5.41, 5.74) is 4.83. The van der Waals surface area contributed by atoms with E-state index in [4.69, 9.17) is 6.42 Å². The van der Waals surface area contributed by atoms with Crippen molar-refractivity contribution >= 4 is 29.7 Å². The molecule has 0 radical (unpaired) electrons. The standard InChI is InChI=1S/C19H19FN6O4S/c1-3-17(27)21-8-9-22-18(28)13-10-12(2)23-15(11-13)19(29)24-25-26(30)31-16-7-5-4-6-14(16)20/h1,4-7,10-11,25,30H,8-9H2,2H3,(H,21,27)(H,22,28)(H,24,29). The van der Waals surface area contributed by atoms with Crippen molar-refractivity contribution < 1.29 is 24.0 Å². The molecule has 2 aromatic rings. The van der Waals surface area contributed by atoms with Gasteiger partial charge in [0.15, 0.2) is 0 Å². The Morgan fingerprint density at radius 1 is 1.19 bits per heavy atom. The summed E-state index contributed by atoms with van der Waals surface area (Å²) < 4.78 is 14.0. The molecule has 0 fully saturated rings. The van der Waals surface area contributed by atoms with Crippen molar-refractivity contribution in [3.05, 3.63) is 59.2 Å². The van der Waals surface area contributed by atoms with Crippen LogP contribution in [0.1, 0.15) is 26.5 Å². The van der Waals surface area contributed by atoms with Gasteiger partial charge in [0.2, 0.25) is 0 Å². The molecule has 0 saturated carbocycles. The molecule has 0 aliphatic carbocycles. The van der Waals surface area contributed by atoms with Gasteiger partial charge in [-0.25, -0.2) is 9.37 Å². The van der Waals surface area contributed by atoms with Gasteiger partial charge < -0.3 is 10.6 Å². The number of aryl methyl sites for hydroxylation is 1. The van der Waals surface area contributed by atoms with Gasteiger partial charge in [-0.05, 0) is 41.7 Å². The van der Waals surface area contributed by atoms with E-state index in [1.807, 2.05) is 5.92 Å². The molecule has 0 spiro atoms. The maximum absolute atomic E-state index is 13.6. The zero-order valence-electron chi connectivity index (χ0n) is 16.3. The van der Waals surface area contributed by atoms with Crippen molar-refractivity contribution in [1.82, 2.24) is 31.2 Å². The highest BCUT2D eigenvalue weighted by Gasteiger charge is 2.15. The van der Waals surface area contributed by atoms with Crippen LogP contribution in [-0.4, -0.2) is 45.6 Å². The van der Waals surface area contributed by atoms with Gasteiger partial charge in [0, 0.05) is 36.3 Å². The minimum atomic E-state index is -0.743. The number of pyridine rings is 1. The second kappa shape index (κ2) is 11.6. The molecule has 0 bridgehead atoms. The second-order valence-electron chi connectivity index (χ2n) is 5.90. The van der Waals surface area contributed by atoms with Crippen molar-refractivity contribution in [2.75, 3.05) is 13.1 Å². The van der Waals surface area contributed by atoms with Crippen LogP contribution in [-0.2, 0) is 4.79 Å². The lowest BCUT2D eigenvalue weighted by atomic mass is 10.1. The van der Waals surface area contributed by atoms with Crippen LogP contribution in [0.15, 0.2) is 41.3 Å². The number of terminal acetylenes is 1. The zero-order valence-corrected chi connectivity index (χ0v) is 17.1. The van der Waals surface area contributed by atoms with E-state index in [-0.39, 0.29) is 29.2 Å². The van der Waals surface area contributed by atoms with E-state index >= 15 is 0 Å². The van der Waals surface area contributed by atoms with E-state index < -0.39 is 23.5 Å². The number of hydrogen-bond acceptors (Lipinski definition) is 8. The highest BCUT2D eigenvalue weighted by atomic mass is 32.2. The Labute approximate surface area is 181 Å². The third kappa shape index (κ3) is 7.68. The Hall–Kier alpha value is -3.50.